The van der Waals surface area contributed by atoms with Gasteiger partial charge in [-0.05, 0) is 30.2 Å². The monoisotopic (exact) mass is 379 g/mol. The molecule has 2 amide bonds. The van der Waals surface area contributed by atoms with Crippen LogP contribution < -0.4 is 10.2 Å². The van der Waals surface area contributed by atoms with Crippen molar-refractivity contribution >= 4 is 45.6 Å². The fourth-order valence-electron chi connectivity index (χ4n) is 3.62. The minimum Gasteiger partial charge on any atom is -0.324 e. The van der Waals surface area contributed by atoms with Crippen molar-refractivity contribution in [1.82, 2.24) is 4.98 Å². The molecule has 5 nitrogen and oxygen atoms in total. The van der Waals surface area contributed by atoms with Gasteiger partial charge in [0, 0.05) is 41.1 Å². The number of rotatable bonds is 2. The average molecular weight is 380 g/mol. The van der Waals surface area contributed by atoms with Crippen LogP contribution in [0.2, 0.25) is 5.02 Å². The van der Waals surface area contributed by atoms with Crippen LogP contribution in [0, 0.1) is 0 Å². The quantitative estimate of drug-likeness (QED) is 0.719. The minimum absolute atomic E-state index is 0.0457. The van der Waals surface area contributed by atoms with Crippen LogP contribution in [0.1, 0.15) is 24.8 Å². The van der Waals surface area contributed by atoms with Crippen molar-refractivity contribution in [3.63, 3.8) is 0 Å². The van der Waals surface area contributed by atoms with Crippen LogP contribution in [-0.4, -0.2) is 23.3 Å². The zero-order valence-electron chi connectivity index (χ0n) is 14.8. The number of hydrogen-bond donors (Lipinski definition) is 1. The Bertz CT molecular complexity index is 1050. The van der Waals surface area contributed by atoms with Gasteiger partial charge >= 0.3 is 0 Å². The second-order valence-corrected chi connectivity index (χ2v) is 7.05. The SMILES string of the molecule is CC(=O)N1CC[C@H](C(=O)Nc2cncc3ccccc23)c2cc(Cl)ccc21. The number of pyridine rings is 1. The Morgan fingerprint density at radius 2 is 2.00 bits per heavy atom. The van der Waals surface area contributed by atoms with Crippen LogP contribution in [0.3, 0.4) is 0 Å². The van der Waals surface area contributed by atoms with Crippen LogP contribution in [0.15, 0.2) is 54.9 Å². The number of halogens is 1. The normalized spacial score (nSPS) is 16.1. The van der Waals surface area contributed by atoms with Gasteiger partial charge in [-0.25, -0.2) is 0 Å². The molecule has 2 aromatic carbocycles. The van der Waals surface area contributed by atoms with E-state index in [-0.39, 0.29) is 17.7 Å². The van der Waals surface area contributed by atoms with Gasteiger partial charge in [0.25, 0.3) is 0 Å². The highest BCUT2D eigenvalue weighted by Crippen LogP contribution is 2.38. The van der Waals surface area contributed by atoms with Gasteiger partial charge < -0.3 is 10.2 Å². The standard InChI is InChI=1S/C21H18ClN3O2/c1-13(26)25-9-8-17(18-10-15(22)6-7-20(18)25)21(27)24-19-12-23-11-14-4-2-3-5-16(14)19/h2-7,10-12,17H,8-9H2,1H3,(H,24,27)/t17-/m0/s1. The highest BCUT2D eigenvalue weighted by Gasteiger charge is 2.32. The lowest BCUT2D eigenvalue weighted by Crippen LogP contribution is -2.38. The highest BCUT2D eigenvalue weighted by atomic mass is 35.5. The van der Waals surface area contributed by atoms with Crippen LogP contribution in [-0.2, 0) is 9.59 Å². The Hall–Kier alpha value is -2.92. The molecule has 1 aliphatic heterocycles. The summed E-state index contributed by atoms with van der Waals surface area (Å²) in [6.45, 7) is 2.02. The largest absolute Gasteiger partial charge is 0.324 e. The van der Waals surface area contributed by atoms with Crippen LogP contribution in [0.25, 0.3) is 10.8 Å². The molecule has 27 heavy (non-hydrogen) atoms. The van der Waals surface area contributed by atoms with Gasteiger partial charge in [0.15, 0.2) is 0 Å². The number of nitrogens with zero attached hydrogens (tertiary/aromatic N) is 2. The predicted octanol–water partition coefficient (Wildman–Crippen LogP) is 4.37. The van der Waals surface area contributed by atoms with E-state index in [0.717, 1.165) is 22.0 Å². The van der Waals surface area contributed by atoms with Gasteiger partial charge in [-0.15, -0.1) is 0 Å². The number of amides is 2. The lowest BCUT2D eigenvalue weighted by atomic mass is 9.89. The van der Waals surface area contributed by atoms with E-state index in [0.29, 0.717) is 23.7 Å². The number of benzene rings is 2. The molecule has 0 spiro atoms. The Kier molecular flexibility index (Phi) is 4.54. The van der Waals surface area contributed by atoms with Gasteiger partial charge in [0.1, 0.15) is 0 Å². The first-order chi connectivity index (χ1) is 13.0. The summed E-state index contributed by atoms with van der Waals surface area (Å²) in [6.07, 6.45) is 3.96. The first-order valence-electron chi connectivity index (χ1n) is 8.76. The molecular formula is C21H18ClN3O2. The maximum Gasteiger partial charge on any atom is 0.232 e. The molecule has 1 N–H and O–H groups in total. The van der Waals surface area contributed by atoms with E-state index in [1.54, 1.807) is 35.5 Å². The lowest BCUT2D eigenvalue weighted by molar-refractivity contribution is -0.119. The maximum atomic E-state index is 13.1. The molecule has 1 aromatic heterocycles. The van der Waals surface area contributed by atoms with E-state index in [9.17, 15) is 9.59 Å². The Morgan fingerprint density at radius 3 is 2.81 bits per heavy atom. The molecule has 6 heteroatoms. The van der Waals surface area contributed by atoms with Crippen LogP contribution in [0.4, 0.5) is 11.4 Å². The van der Waals surface area contributed by atoms with E-state index in [2.05, 4.69) is 10.3 Å². The number of hydrogen-bond acceptors (Lipinski definition) is 3. The number of aromatic nitrogens is 1. The second kappa shape index (κ2) is 7.00. The minimum atomic E-state index is -0.381. The summed E-state index contributed by atoms with van der Waals surface area (Å²) in [6, 6.07) is 13.1. The molecule has 0 aliphatic carbocycles. The van der Waals surface area contributed by atoms with Crippen molar-refractivity contribution in [2.75, 3.05) is 16.8 Å². The summed E-state index contributed by atoms with van der Waals surface area (Å²) in [5.74, 6) is -0.552. The molecule has 0 saturated heterocycles. The Morgan fingerprint density at radius 1 is 1.19 bits per heavy atom. The van der Waals surface area contributed by atoms with Crippen molar-refractivity contribution in [1.29, 1.82) is 0 Å². The molecule has 0 unspecified atom stereocenters. The van der Waals surface area contributed by atoms with Gasteiger partial charge in [0.05, 0.1) is 17.8 Å². The summed E-state index contributed by atoms with van der Waals surface area (Å²) in [5.41, 5.74) is 2.19. The van der Waals surface area contributed by atoms with Crippen molar-refractivity contribution in [3.05, 3.63) is 65.4 Å². The fraction of sp³-hybridized carbons (Fsp3) is 0.190. The van der Waals surface area contributed by atoms with Crippen LogP contribution >= 0.6 is 11.6 Å². The van der Waals surface area contributed by atoms with Gasteiger partial charge in [-0.2, -0.15) is 0 Å². The summed E-state index contributed by atoms with van der Waals surface area (Å²) in [7, 11) is 0. The van der Waals surface area contributed by atoms with Gasteiger partial charge in [0.2, 0.25) is 11.8 Å². The molecule has 0 fully saturated rings. The number of anilines is 2. The van der Waals surface area contributed by atoms with Crippen molar-refractivity contribution in [3.8, 4) is 0 Å². The summed E-state index contributed by atoms with van der Waals surface area (Å²) in [5, 5.41) is 5.46. The van der Waals surface area contributed by atoms with E-state index < -0.39 is 0 Å². The molecular weight excluding hydrogens is 362 g/mol. The average Bonchev–Trinajstić information content (AvgIpc) is 2.67. The zero-order chi connectivity index (χ0) is 19.0. The van der Waals surface area contributed by atoms with Gasteiger partial charge in [-0.1, -0.05) is 35.9 Å². The summed E-state index contributed by atoms with van der Waals surface area (Å²) >= 11 is 6.17. The number of carbonyl (C=O) groups is 2. The smallest absolute Gasteiger partial charge is 0.232 e. The van der Waals surface area contributed by atoms with Crippen molar-refractivity contribution < 1.29 is 9.59 Å². The third kappa shape index (κ3) is 3.26. The molecule has 0 bridgehead atoms. The molecule has 0 radical (unpaired) electrons. The third-order valence-corrected chi connectivity index (χ3v) is 5.15. The maximum absolute atomic E-state index is 13.1. The second-order valence-electron chi connectivity index (χ2n) is 6.61. The van der Waals surface area contributed by atoms with Crippen LogP contribution in [0.5, 0.6) is 0 Å². The summed E-state index contributed by atoms with van der Waals surface area (Å²) in [4.78, 5) is 30.9. The number of fused-ring (bicyclic) bond motifs is 2. The Balaban J connectivity index is 1.69. The predicted molar refractivity (Wildman–Crippen MR) is 107 cm³/mol. The first kappa shape index (κ1) is 17.5. The van der Waals surface area contributed by atoms with E-state index in [1.807, 2.05) is 24.3 Å². The topological polar surface area (TPSA) is 62.3 Å². The number of nitrogens with one attached hydrogen (secondary N) is 1. The van der Waals surface area contributed by atoms with E-state index in [4.69, 9.17) is 11.6 Å². The molecule has 1 aliphatic rings. The molecule has 136 valence electrons. The summed E-state index contributed by atoms with van der Waals surface area (Å²) < 4.78 is 0. The van der Waals surface area contributed by atoms with E-state index in [1.165, 1.54) is 6.92 Å². The lowest BCUT2D eigenvalue weighted by Gasteiger charge is -2.33. The Labute approximate surface area is 162 Å². The third-order valence-electron chi connectivity index (χ3n) is 4.92. The molecule has 4 rings (SSSR count). The van der Waals surface area contributed by atoms with E-state index >= 15 is 0 Å². The molecule has 1 atom stereocenters. The highest BCUT2D eigenvalue weighted by molar-refractivity contribution is 6.30. The van der Waals surface area contributed by atoms with Crippen molar-refractivity contribution in [2.24, 2.45) is 0 Å². The first-order valence-corrected chi connectivity index (χ1v) is 9.13. The zero-order valence-corrected chi connectivity index (χ0v) is 15.5. The van der Waals surface area contributed by atoms with Crippen molar-refractivity contribution in [2.45, 2.75) is 19.3 Å². The molecule has 3 aromatic rings. The number of carbonyl (C=O) groups excluding carboxylic acids is 2. The molecule has 0 saturated carbocycles. The van der Waals surface area contributed by atoms with Gasteiger partial charge in [-0.3, -0.25) is 14.6 Å². The molecule has 2 heterocycles. The fourth-order valence-corrected chi connectivity index (χ4v) is 3.80.